The highest BCUT2D eigenvalue weighted by atomic mass is 35.5. The Morgan fingerprint density at radius 1 is 1.64 bits per heavy atom. The first-order valence-electron chi connectivity index (χ1n) is 4.90. The molecule has 1 aromatic rings. The molecule has 1 aromatic carbocycles. The third-order valence-corrected chi connectivity index (χ3v) is 1.62. The summed E-state index contributed by atoms with van der Waals surface area (Å²) in [6, 6.07) is 6.19. The topological polar surface area (TPSA) is 20.2 Å². The molecule has 0 radical (unpaired) electrons. The largest absolute Gasteiger partial charge is 0.388 e. The summed E-state index contributed by atoms with van der Waals surface area (Å²) in [5.41, 5.74) is 0.353. The van der Waals surface area contributed by atoms with Crippen molar-refractivity contribution in [3.63, 3.8) is 0 Å². The van der Waals surface area contributed by atoms with Gasteiger partial charge in [-0.2, -0.15) is 0 Å². The number of hydrogen-bond acceptors (Lipinski definition) is 1. The van der Waals surface area contributed by atoms with Crippen LogP contribution in [0.25, 0.3) is 0 Å². The summed E-state index contributed by atoms with van der Waals surface area (Å²) in [6.45, 7) is -1.21. The molecule has 60 valence electrons. The monoisotopic (exact) mass is 173 g/mol. The number of hydrogen-bond donors (Lipinski definition) is 1. The summed E-state index contributed by atoms with van der Waals surface area (Å²) in [5.74, 6) is 0. The SMILES string of the molecule is [2H]C([2H])CC([2H])(O)c1ccc(Cl)cc1. The first-order valence-corrected chi connectivity index (χ1v) is 3.62. The highest BCUT2D eigenvalue weighted by Crippen LogP contribution is 2.18. The third-order valence-electron chi connectivity index (χ3n) is 1.37. The minimum Gasteiger partial charge on any atom is -0.388 e. The van der Waals surface area contributed by atoms with Gasteiger partial charge in [-0.15, -0.1) is 0 Å². The van der Waals surface area contributed by atoms with E-state index in [2.05, 4.69) is 0 Å². The number of halogens is 1. The van der Waals surface area contributed by atoms with Gasteiger partial charge in [-0.25, -0.2) is 0 Å². The van der Waals surface area contributed by atoms with Crippen molar-refractivity contribution in [2.24, 2.45) is 0 Å². The predicted octanol–water partition coefficient (Wildman–Crippen LogP) is 2.78. The van der Waals surface area contributed by atoms with E-state index in [1.165, 1.54) is 12.1 Å². The lowest BCUT2D eigenvalue weighted by atomic mass is 10.1. The summed E-state index contributed by atoms with van der Waals surface area (Å²) >= 11 is 5.65. The molecule has 0 saturated carbocycles. The zero-order valence-electron chi connectivity index (χ0n) is 8.92. The second kappa shape index (κ2) is 3.74. The van der Waals surface area contributed by atoms with Crippen molar-refractivity contribution in [2.75, 3.05) is 0 Å². The molecule has 1 N–H and O–H groups in total. The van der Waals surface area contributed by atoms with E-state index in [9.17, 15) is 5.11 Å². The van der Waals surface area contributed by atoms with Crippen molar-refractivity contribution in [3.8, 4) is 0 Å². The van der Waals surface area contributed by atoms with Crippen LogP contribution >= 0.6 is 11.6 Å². The maximum Gasteiger partial charge on any atom is 0.0787 e. The fourth-order valence-corrected chi connectivity index (χ4v) is 0.886. The van der Waals surface area contributed by atoms with Gasteiger partial charge in [0.15, 0.2) is 0 Å². The van der Waals surface area contributed by atoms with Gasteiger partial charge in [0.05, 0.1) is 7.45 Å². The van der Waals surface area contributed by atoms with Crippen LogP contribution in [0.1, 0.15) is 29.1 Å². The van der Waals surface area contributed by atoms with E-state index in [4.69, 9.17) is 15.7 Å². The molecule has 0 aromatic heterocycles. The fraction of sp³-hybridized carbons (Fsp3) is 0.333. The minimum atomic E-state index is -1.88. The highest BCUT2D eigenvalue weighted by Gasteiger charge is 2.02. The van der Waals surface area contributed by atoms with Gasteiger partial charge in [-0.3, -0.25) is 0 Å². The number of benzene rings is 1. The summed E-state index contributed by atoms with van der Waals surface area (Å²) < 4.78 is 21.5. The molecule has 0 fully saturated rings. The second-order valence-corrected chi connectivity index (χ2v) is 2.59. The maximum absolute atomic E-state index is 9.63. The molecule has 11 heavy (non-hydrogen) atoms. The van der Waals surface area contributed by atoms with Crippen LogP contribution in [-0.4, -0.2) is 5.11 Å². The van der Waals surface area contributed by atoms with Crippen molar-refractivity contribution in [2.45, 2.75) is 19.4 Å². The molecule has 0 saturated heterocycles. The fourth-order valence-electron chi connectivity index (χ4n) is 0.760. The van der Waals surface area contributed by atoms with E-state index in [0.29, 0.717) is 10.6 Å². The van der Waals surface area contributed by atoms with E-state index >= 15 is 0 Å². The minimum absolute atomic E-state index is 0.241. The lowest BCUT2D eigenvalue weighted by molar-refractivity contribution is 0.173. The zero-order valence-corrected chi connectivity index (χ0v) is 6.67. The molecular weight excluding hydrogens is 160 g/mol. The smallest absolute Gasteiger partial charge is 0.0787 e. The van der Waals surface area contributed by atoms with Crippen LogP contribution in [0.3, 0.4) is 0 Å². The van der Waals surface area contributed by atoms with Crippen molar-refractivity contribution in [1.82, 2.24) is 0 Å². The Hall–Kier alpha value is -0.530. The lowest BCUT2D eigenvalue weighted by Gasteiger charge is -2.06. The quantitative estimate of drug-likeness (QED) is 0.729. The molecule has 1 rings (SSSR count). The molecule has 0 aliphatic heterocycles. The van der Waals surface area contributed by atoms with Gasteiger partial charge < -0.3 is 5.11 Å². The van der Waals surface area contributed by atoms with Gasteiger partial charge in [0.1, 0.15) is 0 Å². The lowest BCUT2D eigenvalue weighted by Crippen LogP contribution is -1.93. The molecule has 1 atom stereocenters. The van der Waals surface area contributed by atoms with Crippen molar-refractivity contribution in [1.29, 1.82) is 0 Å². The maximum atomic E-state index is 9.63. The Morgan fingerprint density at radius 3 is 2.82 bits per heavy atom. The van der Waals surface area contributed by atoms with E-state index in [1.807, 2.05) is 0 Å². The van der Waals surface area contributed by atoms with Gasteiger partial charge in [-0.05, 0) is 24.1 Å². The second-order valence-electron chi connectivity index (χ2n) is 2.16. The highest BCUT2D eigenvalue weighted by molar-refractivity contribution is 6.30. The molecule has 0 heterocycles. The Labute approximate surface area is 75.8 Å². The third kappa shape index (κ3) is 2.21. The van der Waals surface area contributed by atoms with Gasteiger partial charge >= 0.3 is 0 Å². The predicted molar refractivity (Wildman–Crippen MR) is 46.7 cm³/mol. The zero-order chi connectivity index (χ0) is 10.8. The number of aliphatic hydroxyl groups is 1. The summed E-state index contributed by atoms with van der Waals surface area (Å²) in [6.07, 6.45) is -2.12. The molecule has 0 aliphatic rings. The van der Waals surface area contributed by atoms with Crippen molar-refractivity contribution in [3.05, 3.63) is 34.9 Å². The van der Waals surface area contributed by atoms with Crippen LogP contribution in [0.4, 0.5) is 0 Å². The van der Waals surface area contributed by atoms with Crippen LogP contribution < -0.4 is 0 Å². The van der Waals surface area contributed by atoms with E-state index < -0.39 is 13.0 Å². The van der Waals surface area contributed by atoms with Crippen LogP contribution in [0.2, 0.25) is 5.02 Å². The Morgan fingerprint density at radius 2 is 2.27 bits per heavy atom. The molecule has 1 unspecified atom stereocenters. The van der Waals surface area contributed by atoms with E-state index in [0.717, 1.165) is 0 Å². The first-order chi connectivity index (χ1) is 6.42. The summed E-state index contributed by atoms with van der Waals surface area (Å²) in [4.78, 5) is 0. The van der Waals surface area contributed by atoms with Crippen molar-refractivity contribution >= 4 is 11.6 Å². The van der Waals surface area contributed by atoms with E-state index in [-0.39, 0.29) is 6.42 Å². The number of rotatable bonds is 2. The van der Waals surface area contributed by atoms with Crippen LogP contribution in [0.15, 0.2) is 24.3 Å². The molecule has 0 amide bonds. The normalized spacial score (nSPS) is 20.1. The summed E-state index contributed by atoms with van der Waals surface area (Å²) in [5, 5.41) is 10.2. The van der Waals surface area contributed by atoms with Gasteiger partial charge in [-0.1, -0.05) is 30.6 Å². The summed E-state index contributed by atoms with van der Waals surface area (Å²) in [7, 11) is 0. The molecule has 0 aliphatic carbocycles. The average molecular weight is 174 g/mol. The van der Waals surface area contributed by atoms with Gasteiger partial charge in [0, 0.05) is 7.76 Å². The van der Waals surface area contributed by atoms with E-state index in [1.54, 1.807) is 12.1 Å². The van der Waals surface area contributed by atoms with Crippen LogP contribution in [0.5, 0.6) is 0 Å². The Balaban J connectivity index is 2.86. The first kappa shape index (κ1) is 5.18. The van der Waals surface area contributed by atoms with Gasteiger partial charge in [0.2, 0.25) is 0 Å². The average Bonchev–Trinajstić information content (AvgIpc) is 2.02. The Kier molecular flexibility index (Phi) is 1.76. The standard InChI is InChI=1S/C9H11ClO/c1-2-9(11)7-3-5-8(10)6-4-7/h3-6,9,11H,2H2,1H3/i1D2,9D. The molecule has 0 bridgehead atoms. The molecular formula is C9H11ClO. The van der Waals surface area contributed by atoms with Gasteiger partial charge in [0.25, 0.3) is 0 Å². The van der Waals surface area contributed by atoms with Crippen LogP contribution in [0, 0.1) is 0 Å². The molecule has 1 nitrogen and oxygen atoms in total. The van der Waals surface area contributed by atoms with Crippen molar-refractivity contribution < 1.29 is 9.22 Å². The Bertz CT molecular complexity index is 297. The van der Waals surface area contributed by atoms with Crippen LogP contribution in [-0.2, 0) is 0 Å². The molecule has 0 spiro atoms. The molecule has 2 heteroatoms.